The van der Waals surface area contributed by atoms with Gasteiger partial charge in [0.1, 0.15) is 0 Å². The maximum atomic E-state index is 6.24. The summed E-state index contributed by atoms with van der Waals surface area (Å²) < 4.78 is 23.1. The van der Waals surface area contributed by atoms with E-state index < -0.39 is 5.60 Å². The zero-order chi connectivity index (χ0) is 19.2. The topological polar surface area (TPSA) is 53.5 Å². The Morgan fingerprint density at radius 1 is 1.15 bits per heavy atom. The van der Waals surface area contributed by atoms with Crippen molar-refractivity contribution < 1.29 is 14.2 Å². The van der Waals surface area contributed by atoms with Crippen LogP contribution in [-0.2, 0) is 12.2 Å². The summed E-state index contributed by atoms with van der Waals surface area (Å²) in [5.74, 6) is 1.87. The molecule has 0 bridgehead atoms. The summed E-state index contributed by atoms with van der Waals surface area (Å²) in [5, 5.41) is 5.48. The number of nitrogens with zero attached hydrogens (tertiary/aromatic N) is 2. The summed E-state index contributed by atoms with van der Waals surface area (Å²) in [6, 6.07) is 9.04. The number of rotatable bonds is 4. The Balaban J connectivity index is 1.69. The molecule has 0 aliphatic carbocycles. The Morgan fingerprint density at radius 3 is 2.70 bits per heavy atom. The number of hydrogen-bond acceptors (Lipinski definition) is 5. The molecule has 0 fully saturated rings. The van der Waals surface area contributed by atoms with Crippen LogP contribution in [0.5, 0.6) is 17.2 Å². The normalized spacial score (nSPS) is 14.1. The summed E-state index contributed by atoms with van der Waals surface area (Å²) in [6.45, 7) is 4.34. The van der Waals surface area contributed by atoms with E-state index in [9.17, 15) is 0 Å². The van der Waals surface area contributed by atoms with E-state index in [4.69, 9.17) is 37.4 Å². The van der Waals surface area contributed by atoms with E-state index in [0.717, 1.165) is 21.3 Å². The number of benzene rings is 2. The average molecular weight is 470 g/mol. The predicted molar refractivity (Wildman–Crippen MR) is 105 cm³/mol. The second kappa shape index (κ2) is 7.02. The fourth-order valence-electron chi connectivity index (χ4n) is 2.96. The van der Waals surface area contributed by atoms with E-state index in [2.05, 4.69) is 9.19 Å². The van der Waals surface area contributed by atoms with Gasteiger partial charge >= 0.3 is 162 Å². The minimum absolute atomic E-state index is 0.0374. The van der Waals surface area contributed by atoms with Gasteiger partial charge in [-0.15, -0.1) is 0 Å². The molecule has 0 saturated heterocycles. The van der Waals surface area contributed by atoms with Gasteiger partial charge in [-0.3, -0.25) is 0 Å². The number of aromatic nitrogens is 2. The fourth-order valence-corrected chi connectivity index (χ4v) is 4.90. The SMILES string of the molecule is COc1cc2c(cc1OCc1ccc(Cl)cc1Cl)OC(C)(C)c1[se]nnc1-2. The van der Waals surface area contributed by atoms with Gasteiger partial charge in [0.25, 0.3) is 0 Å². The van der Waals surface area contributed by atoms with Crippen molar-refractivity contribution in [2.75, 3.05) is 7.11 Å². The molecule has 4 rings (SSSR count). The number of hydrogen-bond donors (Lipinski definition) is 0. The van der Waals surface area contributed by atoms with Crippen LogP contribution in [0.25, 0.3) is 11.3 Å². The summed E-state index contributed by atoms with van der Waals surface area (Å²) >= 11 is 12.1. The zero-order valence-corrected chi connectivity index (χ0v) is 18.1. The van der Waals surface area contributed by atoms with Crippen LogP contribution in [0, 0.1) is 0 Å². The summed E-state index contributed by atoms with van der Waals surface area (Å²) in [4.78, 5) is 0. The van der Waals surface area contributed by atoms with E-state index >= 15 is 0 Å². The molecule has 0 N–H and O–H groups in total. The standard InChI is InChI=1S/C19H16Cl2N2O3Se/c1-19(2)18-17(22-23-27-18)12-7-15(24-3)16(8-14(12)26-19)25-9-10-4-5-11(20)6-13(10)21/h4-8H,9H2,1-3H3. The molecule has 1 aliphatic rings. The van der Waals surface area contributed by atoms with Gasteiger partial charge in [-0.1, -0.05) is 11.6 Å². The second-order valence-electron chi connectivity index (χ2n) is 6.59. The molecule has 140 valence electrons. The minimum atomic E-state index is -0.447. The molecule has 3 aromatic rings. The van der Waals surface area contributed by atoms with E-state index in [1.54, 1.807) is 19.2 Å². The van der Waals surface area contributed by atoms with E-state index in [1.807, 2.05) is 32.0 Å². The van der Waals surface area contributed by atoms with Crippen molar-refractivity contribution in [1.29, 1.82) is 0 Å². The van der Waals surface area contributed by atoms with Crippen molar-refractivity contribution in [3.63, 3.8) is 0 Å². The third kappa shape index (κ3) is 3.43. The Labute approximate surface area is 173 Å². The molecule has 2 heterocycles. The molecule has 1 aromatic heterocycles. The van der Waals surface area contributed by atoms with Crippen LogP contribution >= 0.6 is 23.2 Å². The first-order chi connectivity index (χ1) is 12.9. The Bertz CT molecular complexity index is 1020. The molecule has 0 atom stereocenters. The van der Waals surface area contributed by atoms with Crippen molar-refractivity contribution >= 4 is 37.9 Å². The van der Waals surface area contributed by atoms with Gasteiger partial charge in [0.15, 0.2) is 0 Å². The fraction of sp³-hybridized carbons (Fsp3) is 0.263. The van der Waals surface area contributed by atoms with Gasteiger partial charge in [0, 0.05) is 0 Å². The maximum absolute atomic E-state index is 6.24. The molecular weight excluding hydrogens is 454 g/mol. The molecule has 2 aromatic carbocycles. The first-order valence-corrected chi connectivity index (χ1v) is 10.6. The first-order valence-electron chi connectivity index (χ1n) is 8.20. The molecule has 27 heavy (non-hydrogen) atoms. The summed E-state index contributed by atoms with van der Waals surface area (Å²) in [7, 11) is 1.60. The molecule has 0 unspecified atom stereocenters. The van der Waals surface area contributed by atoms with Gasteiger partial charge in [0.05, 0.1) is 0 Å². The van der Waals surface area contributed by atoms with Crippen molar-refractivity contribution in [3.05, 3.63) is 50.4 Å². The van der Waals surface area contributed by atoms with Crippen LogP contribution in [0.3, 0.4) is 0 Å². The van der Waals surface area contributed by atoms with Crippen molar-refractivity contribution in [1.82, 2.24) is 9.19 Å². The molecule has 0 saturated carbocycles. The molecule has 0 amide bonds. The van der Waals surface area contributed by atoms with Gasteiger partial charge in [-0.2, -0.15) is 0 Å². The zero-order valence-electron chi connectivity index (χ0n) is 14.9. The van der Waals surface area contributed by atoms with Gasteiger partial charge in [-0.25, -0.2) is 0 Å². The molecule has 0 radical (unpaired) electrons. The van der Waals surface area contributed by atoms with Crippen LogP contribution in [0.1, 0.15) is 23.8 Å². The monoisotopic (exact) mass is 470 g/mol. The Kier molecular flexibility index (Phi) is 4.85. The third-order valence-electron chi connectivity index (χ3n) is 4.32. The van der Waals surface area contributed by atoms with E-state index in [1.165, 1.54) is 0 Å². The quantitative estimate of drug-likeness (QED) is 0.517. The van der Waals surface area contributed by atoms with Crippen molar-refractivity contribution in [2.45, 2.75) is 26.1 Å². The van der Waals surface area contributed by atoms with Crippen molar-refractivity contribution in [3.8, 4) is 28.5 Å². The number of methoxy groups -OCH3 is 1. The molecule has 1 aliphatic heterocycles. The Hall–Kier alpha value is -1.72. The van der Waals surface area contributed by atoms with Crippen LogP contribution in [-0.4, -0.2) is 31.0 Å². The summed E-state index contributed by atoms with van der Waals surface area (Å²) in [6.07, 6.45) is 0. The van der Waals surface area contributed by atoms with E-state index in [0.29, 0.717) is 27.3 Å². The van der Waals surface area contributed by atoms with Crippen molar-refractivity contribution in [2.24, 2.45) is 0 Å². The van der Waals surface area contributed by atoms with Crippen LogP contribution in [0.2, 0.25) is 10.0 Å². The number of halogens is 2. The first kappa shape index (κ1) is 18.6. The van der Waals surface area contributed by atoms with Gasteiger partial charge in [-0.05, 0) is 0 Å². The summed E-state index contributed by atoms with van der Waals surface area (Å²) in [5.41, 5.74) is 2.14. The molecule has 5 nitrogen and oxygen atoms in total. The van der Waals surface area contributed by atoms with Gasteiger partial charge < -0.3 is 0 Å². The molecular formula is C19H16Cl2N2O3Se. The number of fused-ring (bicyclic) bond motifs is 3. The van der Waals surface area contributed by atoms with E-state index in [-0.39, 0.29) is 21.3 Å². The average Bonchev–Trinajstić information content (AvgIpc) is 3.11. The van der Waals surface area contributed by atoms with Crippen LogP contribution < -0.4 is 14.2 Å². The number of ether oxygens (including phenoxy) is 3. The Morgan fingerprint density at radius 2 is 1.96 bits per heavy atom. The third-order valence-corrected chi connectivity index (χ3v) is 7.07. The molecule has 8 heteroatoms. The van der Waals surface area contributed by atoms with Crippen LogP contribution in [0.15, 0.2) is 30.3 Å². The van der Waals surface area contributed by atoms with Crippen LogP contribution in [0.4, 0.5) is 0 Å². The molecule has 0 spiro atoms. The predicted octanol–water partition coefficient (Wildman–Crippen LogP) is 4.72. The second-order valence-corrected chi connectivity index (χ2v) is 9.01. The van der Waals surface area contributed by atoms with Gasteiger partial charge in [0.2, 0.25) is 0 Å².